The molecule has 25 heavy (non-hydrogen) atoms. The maximum absolute atomic E-state index is 12.6. The van der Waals surface area contributed by atoms with Crippen LogP contribution >= 0.6 is 0 Å². The second kappa shape index (κ2) is 7.21. The lowest BCUT2D eigenvalue weighted by Crippen LogP contribution is -2.22. The van der Waals surface area contributed by atoms with Gasteiger partial charge in [0.25, 0.3) is 5.91 Å². The number of benzene rings is 2. The number of aliphatic imine (C=N–C) groups is 1. The Morgan fingerprint density at radius 2 is 1.96 bits per heavy atom. The molecule has 0 aliphatic heterocycles. The van der Waals surface area contributed by atoms with Crippen LogP contribution in [-0.2, 0) is 10.2 Å². The number of rotatable bonds is 6. The van der Waals surface area contributed by atoms with Crippen molar-refractivity contribution in [2.45, 2.75) is 18.3 Å². The zero-order valence-corrected chi connectivity index (χ0v) is 14.1. The van der Waals surface area contributed by atoms with E-state index in [9.17, 15) is 4.79 Å². The Labute approximate surface area is 147 Å². The lowest BCUT2D eigenvalue weighted by atomic mass is 9.95. The minimum atomic E-state index is -0.556. The van der Waals surface area contributed by atoms with Gasteiger partial charge in [0, 0.05) is 11.9 Å². The summed E-state index contributed by atoms with van der Waals surface area (Å²) in [6.07, 6.45) is 4.82. The fourth-order valence-corrected chi connectivity index (χ4v) is 2.69. The quantitative estimate of drug-likeness (QED) is 0.628. The van der Waals surface area contributed by atoms with Crippen LogP contribution in [0, 0.1) is 0 Å². The Balaban J connectivity index is 1.68. The third kappa shape index (κ3) is 3.88. The Hall–Kier alpha value is -3.08. The molecule has 3 N–H and O–H groups in total. The molecule has 5 nitrogen and oxygen atoms in total. The molecule has 1 saturated carbocycles. The molecule has 3 rings (SSSR count). The maximum atomic E-state index is 12.6. The number of nitrogens with one attached hydrogen (secondary N) is 1. The summed E-state index contributed by atoms with van der Waals surface area (Å²) in [5.41, 5.74) is 7.19. The van der Waals surface area contributed by atoms with E-state index in [2.05, 4.69) is 10.3 Å². The molecule has 0 radical (unpaired) electrons. The first-order valence-corrected chi connectivity index (χ1v) is 8.15. The molecule has 0 saturated heterocycles. The number of hydrogen-bond donors (Lipinski definition) is 2. The van der Waals surface area contributed by atoms with E-state index >= 15 is 0 Å². The second-order valence-corrected chi connectivity index (χ2v) is 6.00. The van der Waals surface area contributed by atoms with Gasteiger partial charge < -0.3 is 15.8 Å². The first-order valence-electron chi connectivity index (χ1n) is 8.15. The zero-order valence-electron chi connectivity index (χ0n) is 14.1. The number of nitrogens with zero attached hydrogens (tertiary/aromatic N) is 1. The van der Waals surface area contributed by atoms with Gasteiger partial charge in [-0.05, 0) is 48.7 Å². The van der Waals surface area contributed by atoms with Gasteiger partial charge in [0.2, 0.25) is 0 Å². The molecule has 2 aromatic rings. The van der Waals surface area contributed by atoms with E-state index in [4.69, 9.17) is 10.5 Å². The fraction of sp³-hybridized carbons (Fsp3) is 0.200. The fourth-order valence-electron chi connectivity index (χ4n) is 2.69. The number of hydrogen-bond acceptors (Lipinski definition) is 3. The molecule has 1 aliphatic carbocycles. The first kappa shape index (κ1) is 16.8. The third-order valence-corrected chi connectivity index (χ3v) is 4.29. The number of amidine groups is 1. The van der Waals surface area contributed by atoms with Gasteiger partial charge in [-0.25, -0.2) is 0 Å². The topological polar surface area (TPSA) is 76.7 Å². The van der Waals surface area contributed by atoms with Crippen LogP contribution in [0.1, 0.15) is 18.4 Å². The molecular weight excluding hydrogens is 314 g/mol. The number of carbonyl (C=O) groups is 1. The van der Waals surface area contributed by atoms with Gasteiger partial charge in [-0.1, -0.05) is 30.3 Å². The summed E-state index contributed by atoms with van der Waals surface area (Å²) < 4.78 is 5.24. The number of carbonyl (C=O) groups excluding carboxylic acids is 1. The summed E-state index contributed by atoms with van der Waals surface area (Å²) in [7, 11) is 1.61. The van der Waals surface area contributed by atoms with Gasteiger partial charge in [-0.2, -0.15) is 4.99 Å². The molecule has 1 amide bonds. The van der Waals surface area contributed by atoms with E-state index in [1.807, 2.05) is 54.6 Å². The van der Waals surface area contributed by atoms with Crippen LogP contribution in [0.5, 0.6) is 5.75 Å². The van der Waals surface area contributed by atoms with E-state index in [-0.39, 0.29) is 11.7 Å². The summed E-state index contributed by atoms with van der Waals surface area (Å²) in [4.78, 5) is 16.7. The van der Waals surface area contributed by atoms with Gasteiger partial charge in [-0.15, -0.1) is 0 Å². The SMILES string of the molecule is COc1cccc(C2(C(=O)N=C(N)/C=C\Nc3ccccc3)CC2)c1. The smallest absolute Gasteiger partial charge is 0.258 e. The highest BCUT2D eigenvalue weighted by Crippen LogP contribution is 2.49. The minimum Gasteiger partial charge on any atom is -0.497 e. The van der Waals surface area contributed by atoms with Crippen molar-refractivity contribution in [3.63, 3.8) is 0 Å². The van der Waals surface area contributed by atoms with E-state index in [1.54, 1.807) is 19.4 Å². The van der Waals surface area contributed by atoms with Crippen LogP contribution < -0.4 is 15.8 Å². The number of amides is 1. The Morgan fingerprint density at radius 1 is 1.20 bits per heavy atom. The summed E-state index contributed by atoms with van der Waals surface area (Å²) in [5, 5.41) is 3.08. The third-order valence-electron chi connectivity index (χ3n) is 4.29. The van der Waals surface area contributed by atoms with Gasteiger partial charge in [0.15, 0.2) is 0 Å². The minimum absolute atomic E-state index is 0.183. The lowest BCUT2D eigenvalue weighted by Gasteiger charge is -2.12. The Bertz CT molecular complexity index is 809. The molecular formula is C20H21N3O2. The van der Waals surface area contributed by atoms with Crippen LogP contribution in [0.4, 0.5) is 5.69 Å². The highest BCUT2D eigenvalue weighted by atomic mass is 16.5. The van der Waals surface area contributed by atoms with Crippen molar-refractivity contribution in [2.24, 2.45) is 10.7 Å². The monoisotopic (exact) mass is 335 g/mol. The Morgan fingerprint density at radius 3 is 2.64 bits per heavy atom. The zero-order chi connectivity index (χ0) is 17.7. The van der Waals surface area contributed by atoms with Crippen molar-refractivity contribution in [1.82, 2.24) is 0 Å². The summed E-state index contributed by atoms with van der Waals surface area (Å²) in [6.45, 7) is 0. The summed E-state index contributed by atoms with van der Waals surface area (Å²) in [6, 6.07) is 17.3. The number of methoxy groups -OCH3 is 1. The molecule has 1 aliphatic rings. The molecule has 128 valence electrons. The molecule has 0 spiro atoms. The van der Waals surface area contributed by atoms with Gasteiger partial charge in [0.05, 0.1) is 12.5 Å². The largest absolute Gasteiger partial charge is 0.497 e. The average molecular weight is 335 g/mol. The normalized spacial score (nSPS) is 15.8. The van der Waals surface area contributed by atoms with Crippen LogP contribution in [0.3, 0.4) is 0 Å². The highest BCUT2D eigenvalue weighted by Gasteiger charge is 2.51. The van der Waals surface area contributed by atoms with Crippen molar-refractivity contribution in [2.75, 3.05) is 12.4 Å². The van der Waals surface area contributed by atoms with Gasteiger partial charge in [-0.3, -0.25) is 4.79 Å². The number of ether oxygens (including phenoxy) is 1. The summed E-state index contributed by atoms with van der Waals surface area (Å²) >= 11 is 0. The van der Waals surface area contributed by atoms with Crippen molar-refractivity contribution >= 4 is 17.4 Å². The predicted molar refractivity (Wildman–Crippen MR) is 99.7 cm³/mol. The van der Waals surface area contributed by atoms with E-state index < -0.39 is 5.41 Å². The molecule has 1 fully saturated rings. The highest BCUT2D eigenvalue weighted by molar-refractivity contribution is 6.04. The average Bonchev–Trinajstić information content (AvgIpc) is 3.45. The van der Waals surface area contributed by atoms with Gasteiger partial charge >= 0.3 is 0 Å². The maximum Gasteiger partial charge on any atom is 0.258 e. The van der Waals surface area contributed by atoms with E-state index in [1.165, 1.54) is 0 Å². The van der Waals surface area contributed by atoms with Crippen molar-refractivity contribution < 1.29 is 9.53 Å². The van der Waals surface area contributed by atoms with Crippen LogP contribution in [-0.4, -0.2) is 18.9 Å². The standard InChI is InChI=1S/C20H21N3O2/c1-25-17-9-5-6-15(14-17)20(11-12-20)19(24)23-18(21)10-13-22-16-7-3-2-4-8-16/h2-10,13-14,22H,11-12H2,1H3,(H2,21,23,24)/b13-10-. The van der Waals surface area contributed by atoms with Crippen molar-refractivity contribution in [3.05, 3.63) is 72.4 Å². The molecule has 0 aromatic heterocycles. The van der Waals surface area contributed by atoms with Crippen LogP contribution in [0.25, 0.3) is 0 Å². The van der Waals surface area contributed by atoms with Crippen LogP contribution in [0.15, 0.2) is 71.9 Å². The lowest BCUT2D eigenvalue weighted by molar-refractivity contribution is -0.120. The second-order valence-electron chi connectivity index (χ2n) is 6.00. The number of para-hydroxylation sites is 1. The molecule has 0 heterocycles. The molecule has 2 aromatic carbocycles. The number of nitrogens with two attached hydrogens (primary N) is 1. The molecule has 0 unspecified atom stereocenters. The first-order chi connectivity index (χ1) is 12.1. The van der Waals surface area contributed by atoms with E-state index in [0.29, 0.717) is 0 Å². The number of anilines is 1. The predicted octanol–water partition coefficient (Wildman–Crippen LogP) is 3.24. The Kier molecular flexibility index (Phi) is 4.84. The summed E-state index contributed by atoms with van der Waals surface area (Å²) in [5.74, 6) is 0.714. The van der Waals surface area contributed by atoms with Crippen molar-refractivity contribution in [1.29, 1.82) is 0 Å². The molecule has 0 atom stereocenters. The van der Waals surface area contributed by atoms with Crippen LogP contribution in [0.2, 0.25) is 0 Å². The van der Waals surface area contributed by atoms with E-state index in [0.717, 1.165) is 29.8 Å². The molecule has 0 bridgehead atoms. The van der Waals surface area contributed by atoms with Gasteiger partial charge in [0.1, 0.15) is 11.6 Å². The molecule has 5 heteroatoms. The van der Waals surface area contributed by atoms with Crippen molar-refractivity contribution in [3.8, 4) is 5.75 Å².